The Morgan fingerprint density at radius 3 is 2.59 bits per heavy atom. The first kappa shape index (κ1) is 12.3. The number of sulfonamides is 1. The fraction of sp³-hybridized carbons (Fsp3) is 0.500. The van der Waals surface area contributed by atoms with Crippen LogP contribution in [0, 0.1) is 0 Å². The molecule has 0 aliphatic carbocycles. The minimum absolute atomic E-state index is 0.178. The highest BCUT2D eigenvalue weighted by molar-refractivity contribution is 7.89. The SMILES string of the molecule is CNS(=O)(=O)c1ccc(N2CCOCC2)nc1. The molecule has 0 unspecified atom stereocenters. The molecule has 1 aromatic rings. The van der Waals surface area contributed by atoms with Crippen molar-refractivity contribution >= 4 is 15.8 Å². The minimum Gasteiger partial charge on any atom is -0.378 e. The predicted molar refractivity (Wildman–Crippen MR) is 63.5 cm³/mol. The lowest BCUT2D eigenvalue weighted by Crippen LogP contribution is -2.36. The van der Waals surface area contributed by atoms with Crippen LogP contribution in [0.5, 0.6) is 0 Å². The van der Waals surface area contributed by atoms with Crippen molar-refractivity contribution in [3.05, 3.63) is 18.3 Å². The maximum absolute atomic E-state index is 11.5. The second-order valence-electron chi connectivity index (χ2n) is 3.66. The zero-order chi connectivity index (χ0) is 12.3. The van der Waals surface area contributed by atoms with E-state index in [4.69, 9.17) is 4.74 Å². The van der Waals surface area contributed by atoms with Crippen LogP contribution in [0.4, 0.5) is 5.82 Å². The largest absolute Gasteiger partial charge is 0.378 e. The van der Waals surface area contributed by atoms with Crippen LogP contribution in [0.3, 0.4) is 0 Å². The van der Waals surface area contributed by atoms with Gasteiger partial charge in [0.05, 0.1) is 13.2 Å². The summed E-state index contributed by atoms with van der Waals surface area (Å²) in [5, 5.41) is 0. The standard InChI is InChI=1S/C10H15N3O3S/c1-11-17(14,15)9-2-3-10(12-8-9)13-4-6-16-7-5-13/h2-3,8,11H,4-7H2,1H3. The molecule has 0 atom stereocenters. The van der Waals surface area contributed by atoms with E-state index in [2.05, 4.69) is 14.6 Å². The van der Waals surface area contributed by atoms with E-state index in [1.54, 1.807) is 12.1 Å². The number of ether oxygens (including phenoxy) is 1. The van der Waals surface area contributed by atoms with Gasteiger partial charge in [-0.1, -0.05) is 0 Å². The molecule has 6 nitrogen and oxygen atoms in total. The molecule has 1 fully saturated rings. The van der Waals surface area contributed by atoms with E-state index in [1.807, 2.05) is 0 Å². The molecule has 0 bridgehead atoms. The normalized spacial score (nSPS) is 17.1. The molecule has 1 N–H and O–H groups in total. The number of morpholine rings is 1. The number of nitrogens with one attached hydrogen (secondary N) is 1. The second-order valence-corrected chi connectivity index (χ2v) is 5.55. The highest BCUT2D eigenvalue weighted by Crippen LogP contribution is 2.15. The van der Waals surface area contributed by atoms with Gasteiger partial charge in [0.2, 0.25) is 10.0 Å². The number of anilines is 1. The molecule has 2 rings (SSSR count). The molecule has 1 aliphatic rings. The van der Waals surface area contributed by atoms with Gasteiger partial charge in [-0.3, -0.25) is 0 Å². The lowest BCUT2D eigenvalue weighted by molar-refractivity contribution is 0.122. The minimum atomic E-state index is -3.40. The van der Waals surface area contributed by atoms with Gasteiger partial charge < -0.3 is 9.64 Å². The van der Waals surface area contributed by atoms with Crippen molar-refractivity contribution in [3.8, 4) is 0 Å². The summed E-state index contributed by atoms with van der Waals surface area (Å²) in [5.74, 6) is 0.781. The second kappa shape index (κ2) is 4.99. The van der Waals surface area contributed by atoms with E-state index < -0.39 is 10.0 Å². The Labute approximate surface area is 101 Å². The lowest BCUT2D eigenvalue weighted by Gasteiger charge is -2.27. The van der Waals surface area contributed by atoms with Gasteiger partial charge in [-0.2, -0.15) is 0 Å². The van der Waals surface area contributed by atoms with Gasteiger partial charge in [-0.15, -0.1) is 0 Å². The Morgan fingerprint density at radius 1 is 1.35 bits per heavy atom. The predicted octanol–water partition coefficient (Wildman–Crippen LogP) is -0.174. The van der Waals surface area contributed by atoms with Gasteiger partial charge in [-0.25, -0.2) is 18.1 Å². The van der Waals surface area contributed by atoms with Gasteiger partial charge in [-0.05, 0) is 19.2 Å². The van der Waals surface area contributed by atoms with Crippen molar-refractivity contribution in [2.75, 3.05) is 38.3 Å². The zero-order valence-electron chi connectivity index (χ0n) is 9.59. The Balaban J connectivity index is 2.18. The Bertz CT molecular complexity index is 466. The third-order valence-corrected chi connectivity index (χ3v) is 4.03. The number of rotatable bonds is 3. The summed E-state index contributed by atoms with van der Waals surface area (Å²) in [6.07, 6.45) is 1.37. The Kier molecular flexibility index (Phi) is 3.60. The molecular formula is C10H15N3O3S. The number of hydrogen-bond acceptors (Lipinski definition) is 5. The molecule has 1 aliphatic heterocycles. The molecule has 7 heteroatoms. The van der Waals surface area contributed by atoms with Crippen LogP contribution in [-0.4, -0.2) is 46.8 Å². The summed E-state index contributed by atoms with van der Waals surface area (Å²) >= 11 is 0. The maximum Gasteiger partial charge on any atom is 0.241 e. The molecule has 0 aromatic carbocycles. The topological polar surface area (TPSA) is 71.5 Å². The van der Waals surface area contributed by atoms with Crippen molar-refractivity contribution in [1.29, 1.82) is 0 Å². The van der Waals surface area contributed by atoms with Crippen molar-refractivity contribution in [2.24, 2.45) is 0 Å². The molecule has 2 heterocycles. The molecule has 94 valence electrons. The van der Waals surface area contributed by atoms with E-state index >= 15 is 0 Å². The van der Waals surface area contributed by atoms with Gasteiger partial charge in [0.25, 0.3) is 0 Å². The summed E-state index contributed by atoms with van der Waals surface area (Å²) in [4.78, 5) is 6.41. The van der Waals surface area contributed by atoms with Crippen LogP contribution >= 0.6 is 0 Å². The van der Waals surface area contributed by atoms with Gasteiger partial charge >= 0.3 is 0 Å². The molecule has 1 aromatic heterocycles. The van der Waals surface area contributed by atoms with Crippen molar-refractivity contribution in [1.82, 2.24) is 9.71 Å². The van der Waals surface area contributed by atoms with Crippen LogP contribution in [-0.2, 0) is 14.8 Å². The molecule has 0 amide bonds. The lowest BCUT2D eigenvalue weighted by atomic mass is 10.4. The van der Waals surface area contributed by atoms with E-state index in [1.165, 1.54) is 13.2 Å². The first-order valence-corrected chi connectivity index (χ1v) is 6.84. The Hall–Kier alpha value is -1.18. The number of pyridine rings is 1. The van der Waals surface area contributed by atoms with Gasteiger partial charge in [0.1, 0.15) is 10.7 Å². The van der Waals surface area contributed by atoms with E-state index in [9.17, 15) is 8.42 Å². The van der Waals surface area contributed by atoms with Crippen molar-refractivity contribution in [3.63, 3.8) is 0 Å². The molecule has 1 saturated heterocycles. The third kappa shape index (κ3) is 2.74. The fourth-order valence-electron chi connectivity index (χ4n) is 1.63. The molecule has 0 spiro atoms. The molecule has 0 saturated carbocycles. The quantitative estimate of drug-likeness (QED) is 0.813. The maximum atomic E-state index is 11.5. The van der Waals surface area contributed by atoms with E-state index in [0.717, 1.165) is 18.9 Å². The average molecular weight is 257 g/mol. The third-order valence-electron chi connectivity index (χ3n) is 2.63. The van der Waals surface area contributed by atoms with Crippen LogP contribution in [0.15, 0.2) is 23.2 Å². The van der Waals surface area contributed by atoms with Gasteiger partial charge in [0.15, 0.2) is 0 Å². The molecule has 0 radical (unpaired) electrons. The van der Waals surface area contributed by atoms with E-state index in [-0.39, 0.29) is 4.90 Å². The summed E-state index contributed by atoms with van der Waals surface area (Å²) in [7, 11) is -2.02. The number of nitrogens with zero attached hydrogens (tertiary/aromatic N) is 2. The number of aromatic nitrogens is 1. The highest BCUT2D eigenvalue weighted by atomic mass is 32.2. The first-order chi connectivity index (χ1) is 8.13. The Morgan fingerprint density at radius 2 is 2.06 bits per heavy atom. The van der Waals surface area contributed by atoms with Gasteiger partial charge in [0, 0.05) is 19.3 Å². The van der Waals surface area contributed by atoms with Crippen LogP contribution in [0.2, 0.25) is 0 Å². The van der Waals surface area contributed by atoms with Crippen LogP contribution in [0.1, 0.15) is 0 Å². The smallest absolute Gasteiger partial charge is 0.241 e. The van der Waals surface area contributed by atoms with E-state index in [0.29, 0.717) is 13.2 Å². The first-order valence-electron chi connectivity index (χ1n) is 5.36. The summed E-state index contributed by atoms with van der Waals surface area (Å²) in [6.45, 7) is 2.92. The molecular weight excluding hydrogens is 242 g/mol. The zero-order valence-corrected chi connectivity index (χ0v) is 10.4. The van der Waals surface area contributed by atoms with Crippen LogP contribution in [0.25, 0.3) is 0 Å². The summed E-state index contributed by atoms with van der Waals surface area (Å²) in [6, 6.07) is 3.28. The van der Waals surface area contributed by atoms with Crippen LogP contribution < -0.4 is 9.62 Å². The number of hydrogen-bond donors (Lipinski definition) is 1. The monoisotopic (exact) mass is 257 g/mol. The van der Waals surface area contributed by atoms with Crippen molar-refractivity contribution in [2.45, 2.75) is 4.90 Å². The molecule has 17 heavy (non-hydrogen) atoms. The highest BCUT2D eigenvalue weighted by Gasteiger charge is 2.15. The van der Waals surface area contributed by atoms with Crippen molar-refractivity contribution < 1.29 is 13.2 Å². The summed E-state index contributed by atoms with van der Waals surface area (Å²) < 4.78 is 30.5. The summed E-state index contributed by atoms with van der Waals surface area (Å²) in [5.41, 5.74) is 0. The average Bonchev–Trinajstić information content (AvgIpc) is 2.40. The fourth-order valence-corrected chi connectivity index (χ4v) is 2.30.